The minimum absolute atomic E-state index is 0.0519. The Labute approximate surface area is 135 Å². The molecule has 2 amide bonds. The summed E-state index contributed by atoms with van der Waals surface area (Å²) in [7, 11) is 0. The van der Waals surface area contributed by atoms with Crippen molar-refractivity contribution in [2.75, 3.05) is 26.2 Å². The zero-order valence-electron chi connectivity index (χ0n) is 12.7. The molecule has 0 aliphatic carbocycles. The van der Waals surface area contributed by atoms with Crippen LogP contribution < -0.4 is 10.6 Å². The standard InChI is InChI=1S/C16H23N3O2S/c20-14(4-3-12-5-7-17-8-6-12)19-10-9-18-16(21)15(19)13-2-1-11-22-13/h1-2,11-12,15,17H,3-10H2,(H,18,21). The number of nitrogens with zero attached hydrogens (tertiary/aromatic N) is 1. The Morgan fingerprint density at radius 2 is 2.14 bits per heavy atom. The Morgan fingerprint density at radius 3 is 2.86 bits per heavy atom. The molecule has 6 heteroatoms. The second kappa shape index (κ2) is 7.24. The molecule has 3 rings (SSSR count). The number of nitrogens with one attached hydrogen (secondary N) is 2. The summed E-state index contributed by atoms with van der Waals surface area (Å²) < 4.78 is 0. The lowest BCUT2D eigenvalue weighted by atomic mass is 9.93. The zero-order valence-corrected chi connectivity index (χ0v) is 13.5. The van der Waals surface area contributed by atoms with Gasteiger partial charge in [-0.3, -0.25) is 9.59 Å². The third-order valence-corrected chi connectivity index (χ3v) is 5.49. The topological polar surface area (TPSA) is 61.4 Å². The summed E-state index contributed by atoms with van der Waals surface area (Å²) in [5.41, 5.74) is 0. The predicted molar refractivity (Wildman–Crippen MR) is 86.6 cm³/mol. The number of carbonyl (C=O) groups is 2. The molecule has 2 N–H and O–H groups in total. The van der Waals surface area contributed by atoms with Crippen molar-refractivity contribution in [1.29, 1.82) is 0 Å². The van der Waals surface area contributed by atoms with Gasteiger partial charge in [-0.15, -0.1) is 11.3 Å². The smallest absolute Gasteiger partial charge is 0.248 e. The second-order valence-electron chi connectivity index (χ2n) is 6.03. The average molecular weight is 321 g/mol. The van der Waals surface area contributed by atoms with Gasteiger partial charge in [-0.2, -0.15) is 0 Å². The maximum Gasteiger partial charge on any atom is 0.248 e. The van der Waals surface area contributed by atoms with E-state index in [4.69, 9.17) is 0 Å². The number of carbonyl (C=O) groups excluding carboxylic acids is 2. The number of hydrogen-bond donors (Lipinski definition) is 2. The van der Waals surface area contributed by atoms with Gasteiger partial charge in [-0.05, 0) is 49.7 Å². The lowest BCUT2D eigenvalue weighted by Crippen LogP contribution is -2.52. The van der Waals surface area contributed by atoms with Gasteiger partial charge in [0.25, 0.3) is 0 Å². The Bertz CT molecular complexity index is 511. The fraction of sp³-hybridized carbons (Fsp3) is 0.625. The van der Waals surface area contributed by atoms with E-state index in [-0.39, 0.29) is 11.8 Å². The SMILES string of the molecule is O=C1NCCN(C(=O)CCC2CCNCC2)C1c1cccs1. The van der Waals surface area contributed by atoms with Crippen molar-refractivity contribution in [2.24, 2.45) is 5.92 Å². The third kappa shape index (κ3) is 3.50. The molecule has 2 aliphatic heterocycles. The van der Waals surface area contributed by atoms with Gasteiger partial charge < -0.3 is 15.5 Å². The summed E-state index contributed by atoms with van der Waals surface area (Å²) in [6.07, 6.45) is 3.81. The highest BCUT2D eigenvalue weighted by Crippen LogP contribution is 2.28. The number of thiophene rings is 1. The van der Waals surface area contributed by atoms with Gasteiger partial charge in [-0.25, -0.2) is 0 Å². The quantitative estimate of drug-likeness (QED) is 0.884. The highest BCUT2D eigenvalue weighted by Gasteiger charge is 2.34. The minimum Gasteiger partial charge on any atom is -0.352 e. The molecule has 0 spiro atoms. The first-order valence-corrected chi connectivity index (χ1v) is 8.95. The van der Waals surface area contributed by atoms with E-state index in [1.807, 2.05) is 17.5 Å². The van der Waals surface area contributed by atoms with Crippen molar-refractivity contribution in [1.82, 2.24) is 15.5 Å². The largest absolute Gasteiger partial charge is 0.352 e. The molecule has 0 aromatic carbocycles. The Kier molecular flexibility index (Phi) is 5.10. The molecule has 1 atom stereocenters. The molecule has 22 heavy (non-hydrogen) atoms. The second-order valence-corrected chi connectivity index (χ2v) is 7.01. The molecule has 1 aromatic rings. The summed E-state index contributed by atoms with van der Waals surface area (Å²) in [5.74, 6) is 0.708. The highest BCUT2D eigenvalue weighted by molar-refractivity contribution is 7.10. The van der Waals surface area contributed by atoms with E-state index in [0.717, 1.165) is 37.2 Å². The van der Waals surface area contributed by atoms with E-state index in [2.05, 4.69) is 10.6 Å². The van der Waals surface area contributed by atoms with E-state index in [1.165, 1.54) is 11.3 Å². The van der Waals surface area contributed by atoms with Crippen LogP contribution in [0.2, 0.25) is 0 Å². The molecule has 1 aromatic heterocycles. The van der Waals surface area contributed by atoms with Crippen LogP contribution in [0, 0.1) is 5.92 Å². The van der Waals surface area contributed by atoms with Gasteiger partial charge in [0.15, 0.2) is 0 Å². The molecular weight excluding hydrogens is 298 g/mol. The maximum atomic E-state index is 12.6. The van der Waals surface area contributed by atoms with Crippen LogP contribution in [0.1, 0.15) is 36.6 Å². The molecule has 1 unspecified atom stereocenters. The van der Waals surface area contributed by atoms with Crippen molar-refractivity contribution in [3.63, 3.8) is 0 Å². The van der Waals surface area contributed by atoms with Crippen LogP contribution in [-0.2, 0) is 9.59 Å². The predicted octanol–water partition coefficient (Wildman–Crippen LogP) is 1.53. The molecule has 5 nitrogen and oxygen atoms in total. The van der Waals surface area contributed by atoms with Crippen molar-refractivity contribution in [3.05, 3.63) is 22.4 Å². The first-order valence-electron chi connectivity index (χ1n) is 8.07. The van der Waals surface area contributed by atoms with Crippen LogP contribution in [0.25, 0.3) is 0 Å². The van der Waals surface area contributed by atoms with Crippen LogP contribution in [0.5, 0.6) is 0 Å². The van der Waals surface area contributed by atoms with Gasteiger partial charge in [0.05, 0.1) is 0 Å². The fourth-order valence-electron chi connectivity index (χ4n) is 3.31. The Hall–Kier alpha value is -1.40. The van der Waals surface area contributed by atoms with Crippen molar-refractivity contribution >= 4 is 23.2 Å². The normalized spacial score (nSPS) is 23.4. The van der Waals surface area contributed by atoms with E-state index in [0.29, 0.717) is 25.4 Å². The number of hydrogen-bond acceptors (Lipinski definition) is 4. The Balaban J connectivity index is 1.62. The molecule has 2 saturated heterocycles. The molecule has 2 aliphatic rings. The molecule has 0 saturated carbocycles. The van der Waals surface area contributed by atoms with E-state index in [1.54, 1.807) is 4.90 Å². The van der Waals surface area contributed by atoms with Crippen LogP contribution in [0.15, 0.2) is 17.5 Å². The summed E-state index contributed by atoms with van der Waals surface area (Å²) in [5, 5.41) is 8.18. The van der Waals surface area contributed by atoms with Gasteiger partial charge in [0, 0.05) is 24.4 Å². The van der Waals surface area contributed by atoms with Crippen molar-refractivity contribution in [3.8, 4) is 0 Å². The molecule has 0 bridgehead atoms. The van der Waals surface area contributed by atoms with Gasteiger partial charge in [0.1, 0.15) is 6.04 Å². The van der Waals surface area contributed by atoms with Crippen LogP contribution in [0.3, 0.4) is 0 Å². The van der Waals surface area contributed by atoms with Gasteiger partial charge >= 0.3 is 0 Å². The van der Waals surface area contributed by atoms with E-state index >= 15 is 0 Å². The van der Waals surface area contributed by atoms with Crippen molar-refractivity contribution < 1.29 is 9.59 Å². The lowest BCUT2D eigenvalue weighted by molar-refractivity contribution is -0.143. The molecule has 120 valence electrons. The number of rotatable bonds is 4. The van der Waals surface area contributed by atoms with E-state index < -0.39 is 6.04 Å². The highest BCUT2D eigenvalue weighted by atomic mass is 32.1. The summed E-state index contributed by atoms with van der Waals surface area (Å²) in [6, 6.07) is 3.43. The number of piperazine rings is 1. The lowest BCUT2D eigenvalue weighted by Gasteiger charge is -2.35. The van der Waals surface area contributed by atoms with Crippen molar-refractivity contribution in [2.45, 2.75) is 31.7 Å². The number of amides is 2. The summed E-state index contributed by atoms with van der Waals surface area (Å²) >= 11 is 1.54. The van der Waals surface area contributed by atoms with Crippen LogP contribution in [-0.4, -0.2) is 42.9 Å². The first-order chi connectivity index (χ1) is 10.8. The Morgan fingerprint density at radius 1 is 1.32 bits per heavy atom. The third-order valence-electron chi connectivity index (χ3n) is 4.57. The maximum absolute atomic E-state index is 12.6. The zero-order chi connectivity index (χ0) is 15.4. The monoisotopic (exact) mass is 321 g/mol. The summed E-state index contributed by atoms with van der Waals surface area (Å²) in [6.45, 7) is 3.28. The van der Waals surface area contributed by atoms with Crippen LogP contribution >= 0.6 is 11.3 Å². The minimum atomic E-state index is -0.436. The first kappa shape index (κ1) is 15.5. The van der Waals surface area contributed by atoms with Gasteiger partial charge in [0.2, 0.25) is 11.8 Å². The van der Waals surface area contributed by atoms with E-state index in [9.17, 15) is 9.59 Å². The average Bonchev–Trinajstić information content (AvgIpc) is 3.07. The molecule has 2 fully saturated rings. The fourth-order valence-corrected chi connectivity index (χ4v) is 4.14. The van der Waals surface area contributed by atoms with Gasteiger partial charge in [-0.1, -0.05) is 6.07 Å². The molecule has 0 radical (unpaired) electrons. The van der Waals surface area contributed by atoms with Crippen LogP contribution in [0.4, 0.5) is 0 Å². The summed E-state index contributed by atoms with van der Waals surface area (Å²) in [4.78, 5) is 27.6. The number of piperidine rings is 1. The molecular formula is C16H23N3O2S. The molecule has 3 heterocycles.